The van der Waals surface area contributed by atoms with E-state index in [4.69, 9.17) is 0 Å². The van der Waals surface area contributed by atoms with Crippen LogP contribution in [0.2, 0.25) is 0 Å². The van der Waals surface area contributed by atoms with Gasteiger partial charge >= 0.3 is 0 Å². The van der Waals surface area contributed by atoms with Crippen LogP contribution in [0.4, 0.5) is 4.39 Å². The van der Waals surface area contributed by atoms with Crippen LogP contribution in [-0.2, 0) is 12.8 Å². The second kappa shape index (κ2) is 6.27. The molecule has 0 spiro atoms. The van der Waals surface area contributed by atoms with Crippen molar-refractivity contribution in [2.24, 2.45) is 7.05 Å². The van der Waals surface area contributed by atoms with Crippen molar-refractivity contribution in [3.8, 4) is 0 Å². The highest BCUT2D eigenvalue weighted by Gasteiger charge is 2.15. The average Bonchev–Trinajstić information content (AvgIpc) is 3.05. The van der Waals surface area contributed by atoms with Gasteiger partial charge in [-0.3, -0.25) is 13.8 Å². The molecule has 2 aromatic carbocycles. The molecule has 25 heavy (non-hydrogen) atoms. The Morgan fingerprint density at radius 1 is 1.20 bits per heavy atom. The highest BCUT2D eigenvalue weighted by molar-refractivity contribution is 9.10. The summed E-state index contributed by atoms with van der Waals surface area (Å²) in [6.07, 6.45) is 0. The third-order valence-electron chi connectivity index (χ3n) is 3.96. The summed E-state index contributed by atoms with van der Waals surface area (Å²) < 4.78 is 18.1. The molecule has 0 bridgehead atoms. The predicted molar refractivity (Wildman–Crippen MR) is 99.4 cm³/mol. The minimum Gasteiger partial charge on any atom is -0.279 e. The first-order valence-electron chi connectivity index (χ1n) is 7.46. The average molecular weight is 419 g/mol. The Kier molecular flexibility index (Phi) is 4.09. The summed E-state index contributed by atoms with van der Waals surface area (Å²) in [6.45, 7) is 0. The second-order valence-electron chi connectivity index (χ2n) is 5.52. The van der Waals surface area contributed by atoms with Crippen LogP contribution in [-0.4, -0.2) is 19.2 Å². The summed E-state index contributed by atoms with van der Waals surface area (Å²) in [5.41, 5.74) is 1.19. The van der Waals surface area contributed by atoms with Gasteiger partial charge in [-0.2, -0.15) is 0 Å². The monoisotopic (exact) mass is 418 g/mol. The number of nitrogens with zero attached hydrogens (tertiary/aromatic N) is 4. The van der Waals surface area contributed by atoms with Gasteiger partial charge in [-0.15, -0.1) is 10.2 Å². The number of thioether (sulfide) groups is 1. The van der Waals surface area contributed by atoms with Crippen molar-refractivity contribution in [2.75, 3.05) is 0 Å². The maximum absolute atomic E-state index is 14.0. The number of hydrogen-bond acceptors (Lipinski definition) is 4. The molecule has 0 saturated heterocycles. The molecule has 4 rings (SSSR count). The van der Waals surface area contributed by atoms with Crippen molar-refractivity contribution >= 4 is 44.4 Å². The number of halogens is 2. The van der Waals surface area contributed by atoms with Gasteiger partial charge in [-0.1, -0.05) is 39.8 Å². The molecule has 0 saturated carbocycles. The molecule has 8 heteroatoms. The van der Waals surface area contributed by atoms with Gasteiger partial charge in [0.05, 0.1) is 10.9 Å². The summed E-state index contributed by atoms with van der Waals surface area (Å²) in [5.74, 6) is 0.603. The summed E-state index contributed by atoms with van der Waals surface area (Å²) in [7, 11) is 1.67. The highest BCUT2D eigenvalue weighted by atomic mass is 79.9. The van der Waals surface area contributed by atoms with E-state index in [0.717, 1.165) is 9.99 Å². The van der Waals surface area contributed by atoms with Gasteiger partial charge in [0.2, 0.25) is 5.78 Å². The van der Waals surface area contributed by atoms with Crippen LogP contribution in [0.25, 0.3) is 16.7 Å². The van der Waals surface area contributed by atoms with E-state index < -0.39 is 0 Å². The Balaban J connectivity index is 1.83. The topological polar surface area (TPSA) is 52.2 Å². The van der Waals surface area contributed by atoms with E-state index in [9.17, 15) is 9.18 Å². The van der Waals surface area contributed by atoms with Gasteiger partial charge in [0, 0.05) is 17.3 Å². The molecule has 2 aromatic heterocycles. The van der Waals surface area contributed by atoms with Crippen LogP contribution >= 0.6 is 27.7 Å². The second-order valence-corrected chi connectivity index (χ2v) is 7.38. The SMILES string of the molecule is Cn1c(=O)c2ccccc2n2c(SCc3cc(Br)ccc3F)nnc12. The number of benzene rings is 2. The van der Waals surface area contributed by atoms with Gasteiger partial charge in [-0.05, 0) is 35.9 Å². The zero-order chi connectivity index (χ0) is 17.6. The fourth-order valence-corrected chi connectivity index (χ4v) is 4.02. The minimum absolute atomic E-state index is 0.120. The number of aryl methyl sites for hydroxylation is 1. The molecule has 0 amide bonds. The molecular formula is C17H12BrFN4OS. The van der Waals surface area contributed by atoms with E-state index in [0.29, 0.717) is 27.6 Å². The van der Waals surface area contributed by atoms with Crippen molar-refractivity contribution in [3.63, 3.8) is 0 Å². The Morgan fingerprint density at radius 3 is 2.84 bits per heavy atom. The first kappa shape index (κ1) is 16.3. The van der Waals surface area contributed by atoms with Gasteiger partial charge < -0.3 is 0 Å². The van der Waals surface area contributed by atoms with Gasteiger partial charge in [-0.25, -0.2) is 4.39 Å². The van der Waals surface area contributed by atoms with Crippen molar-refractivity contribution < 1.29 is 4.39 Å². The Labute approximate surface area is 154 Å². The molecule has 0 atom stereocenters. The molecule has 4 aromatic rings. The van der Waals surface area contributed by atoms with Crippen LogP contribution in [0.15, 0.2) is 56.9 Å². The van der Waals surface area contributed by atoms with Crippen molar-refractivity contribution in [2.45, 2.75) is 10.9 Å². The van der Waals surface area contributed by atoms with Gasteiger partial charge in [0.15, 0.2) is 5.16 Å². The third kappa shape index (κ3) is 2.75. The summed E-state index contributed by atoms with van der Waals surface area (Å²) in [6, 6.07) is 12.2. The van der Waals surface area contributed by atoms with Crippen molar-refractivity contribution in [3.05, 3.63) is 68.7 Å². The summed E-state index contributed by atoms with van der Waals surface area (Å²) in [4.78, 5) is 12.4. The lowest BCUT2D eigenvalue weighted by Gasteiger charge is -2.08. The molecule has 0 unspecified atom stereocenters. The maximum Gasteiger partial charge on any atom is 0.262 e. The molecule has 5 nitrogen and oxygen atoms in total. The largest absolute Gasteiger partial charge is 0.279 e. The quantitative estimate of drug-likeness (QED) is 0.475. The van der Waals surface area contributed by atoms with E-state index in [-0.39, 0.29) is 11.4 Å². The number of aromatic nitrogens is 4. The smallest absolute Gasteiger partial charge is 0.262 e. The fraction of sp³-hybridized carbons (Fsp3) is 0.118. The molecule has 0 aliphatic heterocycles. The molecule has 0 fully saturated rings. The molecule has 0 N–H and O–H groups in total. The van der Waals surface area contributed by atoms with Gasteiger partial charge in [0.25, 0.3) is 5.56 Å². The Bertz CT molecular complexity index is 1170. The number of fused-ring (bicyclic) bond motifs is 3. The normalized spacial score (nSPS) is 11.5. The molecule has 0 radical (unpaired) electrons. The zero-order valence-electron chi connectivity index (χ0n) is 13.1. The van der Waals surface area contributed by atoms with Crippen LogP contribution in [0.1, 0.15) is 5.56 Å². The minimum atomic E-state index is -0.262. The number of rotatable bonds is 3. The zero-order valence-corrected chi connectivity index (χ0v) is 15.5. The molecule has 2 heterocycles. The van der Waals surface area contributed by atoms with Crippen molar-refractivity contribution in [1.29, 1.82) is 0 Å². The summed E-state index contributed by atoms with van der Waals surface area (Å²) >= 11 is 4.73. The van der Waals surface area contributed by atoms with E-state index >= 15 is 0 Å². The Morgan fingerprint density at radius 2 is 2.00 bits per heavy atom. The lowest BCUT2D eigenvalue weighted by atomic mass is 10.2. The van der Waals surface area contributed by atoms with Gasteiger partial charge in [0.1, 0.15) is 5.82 Å². The number of para-hydroxylation sites is 1. The van der Waals surface area contributed by atoms with E-state index in [1.165, 1.54) is 22.4 Å². The lowest BCUT2D eigenvalue weighted by molar-refractivity contribution is 0.617. The highest BCUT2D eigenvalue weighted by Crippen LogP contribution is 2.26. The van der Waals surface area contributed by atoms with Crippen LogP contribution in [0.5, 0.6) is 0 Å². The first-order chi connectivity index (χ1) is 12.1. The van der Waals surface area contributed by atoms with Crippen molar-refractivity contribution in [1.82, 2.24) is 19.2 Å². The molecular weight excluding hydrogens is 407 g/mol. The van der Waals surface area contributed by atoms with E-state index in [2.05, 4.69) is 26.1 Å². The van der Waals surface area contributed by atoms with Crippen LogP contribution < -0.4 is 5.56 Å². The molecule has 0 aliphatic rings. The lowest BCUT2D eigenvalue weighted by Crippen LogP contribution is -2.20. The molecule has 126 valence electrons. The Hall–Kier alpha value is -2.19. The first-order valence-corrected chi connectivity index (χ1v) is 9.23. The van der Waals surface area contributed by atoms with Crippen LogP contribution in [0.3, 0.4) is 0 Å². The molecule has 0 aliphatic carbocycles. The standard InChI is InChI=1S/C17H12BrFN4OS/c1-22-15(24)12-4-2-3-5-14(12)23-16(22)20-21-17(23)25-9-10-8-11(18)6-7-13(10)19/h2-8H,9H2,1H3. The number of hydrogen-bond donors (Lipinski definition) is 0. The summed E-state index contributed by atoms with van der Waals surface area (Å²) in [5, 5.41) is 9.53. The predicted octanol–water partition coefficient (Wildman–Crippen LogP) is 3.78. The van der Waals surface area contributed by atoms with Crippen LogP contribution in [0, 0.1) is 5.82 Å². The van der Waals surface area contributed by atoms with E-state index in [1.54, 1.807) is 25.2 Å². The maximum atomic E-state index is 14.0. The third-order valence-corrected chi connectivity index (χ3v) is 5.43. The van der Waals surface area contributed by atoms with E-state index in [1.807, 2.05) is 22.6 Å². The fourth-order valence-electron chi connectivity index (χ4n) is 2.70.